The number of hydrogen-bond acceptors (Lipinski definition) is 4. The summed E-state index contributed by atoms with van der Waals surface area (Å²) in [5.74, 6) is -2.01. The summed E-state index contributed by atoms with van der Waals surface area (Å²) in [4.78, 5) is 15.5. The highest BCUT2D eigenvalue weighted by molar-refractivity contribution is 6.30. The van der Waals surface area contributed by atoms with Gasteiger partial charge in [-0.2, -0.15) is 18.9 Å². The van der Waals surface area contributed by atoms with Crippen molar-refractivity contribution in [3.05, 3.63) is 80.9 Å². The van der Waals surface area contributed by atoms with Crippen molar-refractivity contribution in [2.24, 2.45) is 0 Å². The average molecular weight is 364 g/mol. The van der Waals surface area contributed by atoms with E-state index in [4.69, 9.17) is 11.6 Å². The maximum absolute atomic E-state index is 13.9. The van der Waals surface area contributed by atoms with Crippen LogP contribution in [0.4, 0.5) is 8.78 Å². The highest BCUT2D eigenvalue weighted by Gasteiger charge is 2.14. The molecule has 0 spiro atoms. The van der Waals surface area contributed by atoms with Crippen molar-refractivity contribution in [2.75, 3.05) is 0 Å². The van der Waals surface area contributed by atoms with Crippen molar-refractivity contribution in [1.82, 2.24) is 14.8 Å². The maximum atomic E-state index is 13.9. The molecule has 0 atom stereocenters. The first-order valence-corrected chi connectivity index (χ1v) is 7.64. The molecule has 1 N–H and O–H groups in total. The van der Waals surface area contributed by atoms with Crippen LogP contribution < -0.4 is 5.56 Å². The lowest BCUT2D eigenvalue weighted by atomic mass is 10.1. The second kappa shape index (κ2) is 7.08. The fourth-order valence-corrected chi connectivity index (χ4v) is 2.44. The zero-order valence-corrected chi connectivity index (χ0v) is 13.5. The van der Waals surface area contributed by atoms with Gasteiger partial charge < -0.3 is 5.11 Å². The molecule has 0 saturated heterocycles. The molecule has 0 aliphatic carbocycles. The van der Waals surface area contributed by atoms with Gasteiger partial charge in [0.1, 0.15) is 0 Å². The van der Waals surface area contributed by atoms with E-state index in [1.54, 1.807) is 24.3 Å². The number of pyridine rings is 1. The highest BCUT2D eigenvalue weighted by atomic mass is 35.5. The van der Waals surface area contributed by atoms with Gasteiger partial charge in [0.15, 0.2) is 0 Å². The van der Waals surface area contributed by atoms with Crippen molar-refractivity contribution in [2.45, 2.75) is 13.2 Å². The van der Waals surface area contributed by atoms with Crippen molar-refractivity contribution >= 4 is 11.6 Å². The molecule has 0 radical (unpaired) electrons. The van der Waals surface area contributed by atoms with E-state index in [0.717, 1.165) is 16.3 Å². The van der Waals surface area contributed by atoms with Gasteiger partial charge in [-0.3, -0.25) is 4.79 Å². The van der Waals surface area contributed by atoms with Gasteiger partial charge in [0, 0.05) is 10.6 Å². The predicted octanol–water partition coefficient (Wildman–Crippen LogP) is 2.78. The molecular weight excluding hydrogens is 352 g/mol. The minimum Gasteiger partial charge on any atom is -0.391 e. The van der Waals surface area contributed by atoms with E-state index in [1.165, 1.54) is 12.1 Å². The SMILES string of the molecule is O=c1c(CO)cc(-c2ccc(F)nc2F)nn1Cc1ccc(Cl)cc1. The molecule has 3 aromatic rings. The van der Waals surface area contributed by atoms with Gasteiger partial charge in [-0.15, -0.1) is 0 Å². The molecule has 0 unspecified atom stereocenters. The topological polar surface area (TPSA) is 68.0 Å². The third kappa shape index (κ3) is 3.72. The monoisotopic (exact) mass is 363 g/mol. The third-order valence-corrected chi connectivity index (χ3v) is 3.81. The summed E-state index contributed by atoms with van der Waals surface area (Å²) in [5.41, 5.74) is 0.292. The number of aliphatic hydroxyl groups excluding tert-OH is 1. The second-order valence-corrected chi connectivity index (χ2v) is 5.71. The van der Waals surface area contributed by atoms with Crippen LogP contribution in [-0.4, -0.2) is 19.9 Å². The quantitative estimate of drug-likeness (QED) is 0.724. The van der Waals surface area contributed by atoms with E-state index in [1.807, 2.05) is 0 Å². The molecule has 0 aliphatic rings. The van der Waals surface area contributed by atoms with Crippen LogP contribution in [0.3, 0.4) is 0 Å². The summed E-state index contributed by atoms with van der Waals surface area (Å²) >= 11 is 5.83. The van der Waals surface area contributed by atoms with Crippen molar-refractivity contribution in [3.63, 3.8) is 0 Å². The Morgan fingerprint density at radius 1 is 1.12 bits per heavy atom. The highest BCUT2D eigenvalue weighted by Crippen LogP contribution is 2.20. The van der Waals surface area contributed by atoms with Crippen LogP contribution in [0.2, 0.25) is 5.02 Å². The number of benzene rings is 1. The van der Waals surface area contributed by atoms with E-state index >= 15 is 0 Å². The molecule has 5 nitrogen and oxygen atoms in total. The first-order valence-electron chi connectivity index (χ1n) is 7.26. The smallest absolute Gasteiger partial charge is 0.272 e. The molecule has 0 aliphatic heterocycles. The first-order chi connectivity index (χ1) is 12.0. The Balaban J connectivity index is 2.09. The number of nitrogens with zero attached hydrogens (tertiary/aromatic N) is 3. The minimum absolute atomic E-state index is 0.0442. The van der Waals surface area contributed by atoms with E-state index in [0.29, 0.717) is 5.02 Å². The van der Waals surface area contributed by atoms with E-state index < -0.39 is 24.1 Å². The van der Waals surface area contributed by atoms with E-state index in [9.17, 15) is 18.7 Å². The molecule has 8 heteroatoms. The Morgan fingerprint density at radius 3 is 2.48 bits per heavy atom. The Hall–Kier alpha value is -2.64. The van der Waals surface area contributed by atoms with Crippen molar-refractivity contribution in [1.29, 1.82) is 0 Å². The number of halogens is 3. The molecule has 3 rings (SSSR count). The summed E-state index contributed by atoms with van der Waals surface area (Å²) < 4.78 is 28.0. The first kappa shape index (κ1) is 17.2. The van der Waals surface area contributed by atoms with Crippen LogP contribution in [-0.2, 0) is 13.2 Å². The van der Waals surface area contributed by atoms with Gasteiger partial charge in [0.05, 0.1) is 24.4 Å². The minimum atomic E-state index is -1.05. The molecule has 0 bridgehead atoms. The molecule has 0 amide bonds. The molecule has 2 aromatic heterocycles. The van der Waals surface area contributed by atoms with Gasteiger partial charge in [0.25, 0.3) is 5.56 Å². The molecule has 0 fully saturated rings. The van der Waals surface area contributed by atoms with Crippen molar-refractivity contribution in [3.8, 4) is 11.3 Å². The van der Waals surface area contributed by atoms with Gasteiger partial charge in [0.2, 0.25) is 11.9 Å². The predicted molar refractivity (Wildman–Crippen MR) is 88.1 cm³/mol. The molecule has 25 heavy (non-hydrogen) atoms. The standard InChI is InChI=1S/C17H12ClF2N3O2/c18-12-3-1-10(2-4-12)8-23-17(25)11(9-24)7-14(22-23)13-5-6-15(19)21-16(13)20/h1-7,24H,8-9H2. The molecular formula is C17H12ClF2N3O2. The largest absolute Gasteiger partial charge is 0.391 e. The summed E-state index contributed by atoms with van der Waals surface area (Å²) in [6.45, 7) is -0.432. The number of aliphatic hydroxyl groups is 1. The molecule has 0 saturated carbocycles. The van der Waals surface area contributed by atoms with Gasteiger partial charge >= 0.3 is 0 Å². The summed E-state index contributed by atoms with van der Waals surface area (Å²) in [5, 5.41) is 14.1. The van der Waals surface area contributed by atoms with Gasteiger partial charge in [-0.25, -0.2) is 4.68 Å². The van der Waals surface area contributed by atoms with Gasteiger partial charge in [-0.05, 0) is 35.9 Å². The number of aromatic nitrogens is 3. The Morgan fingerprint density at radius 2 is 1.84 bits per heavy atom. The van der Waals surface area contributed by atoms with Crippen LogP contribution in [0.15, 0.2) is 47.3 Å². The maximum Gasteiger partial charge on any atom is 0.272 e. The second-order valence-electron chi connectivity index (χ2n) is 5.27. The summed E-state index contributed by atoms with van der Waals surface area (Å²) in [7, 11) is 0. The van der Waals surface area contributed by atoms with Crippen LogP contribution in [0.1, 0.15) is 11.1 Å². The number of hydrogen-bond donors (Lipinski definition) is 1. The zero-order valence-electron chi connectivity index (χ0n) is 12.8. The molecule has 2 heterocycles. The fraction of sp³-hybridized carbons (Fsp3) is 0.118. The normalized spacial score (nSPS) is 10.9. The van der Waals surface area contributed by atoms with E-state index in [-0.39, 0.29) is 23.4 Å². The lowest BCUT2D eigenvalue weighted by molar-refractivity contribution is 0.278. The van der Waals surface area contributed by atoms with Crippen LogP contribution in [0.25, 0.3) is 11.3 Å². The third-order valence-electron chi connectivity index (χ3n) is 3.56. The summed E-state index contributed by atoms with van der Waals surface area (Å²) in [6, 6.07) is 10.2. The molecule has 128 valence electrons. The number of rotatable bonds is 4. The van der Waals surface area contributed by atoms with Crippen molar-refractivity contribution < 1.29 is 13.9 Å². The Kier molecular flexibility index (Phi) is 4.87. The Bertz CT molecular complexity index is 975. The van der Waals surface area contributed by atoms with Crippen LogP contribution in [0.5, 0.6) is 0 Å². The zero-order chi connectivity index (χ0) is 18.0. The lowest BCUT2D eigenvalue weighted by Gasteiger charge is -2.10. The Labute approximate surface area is 146 Å². The van der Waals surface area contributed by atoms with Gasteiger partial charge in [-0.1, -0.05) is 23.7 Å². The molecule has 1 aromatic carbocycles. The fourth-order valence-electron chi connectivity index (χ4n) is 2.31. The van der Waals surface area contributed by atoms with Crippen LogP contribution >= 0.6 is 11.6 Å². The average Bonchev–Trinajstić information content (AvgIpc) is 2.59. The summed E-state index contributed by atoms with van der Waals surface area (Å²) in [6.07, 6.45) is 0. The lowest BCUT2D eigenvalue weighted by Crippen LogP contribution is -2.27. The van der Waals surface area contributed by atoms with Crippen LogP contribution in [0, 0.1) is 11.9 Å². The van der Waals surface area contributed by atoms with E-state index in [2.05, 4.69) is 10.1 Å².